The van der Waals surface area contributed by atoms with Gasteiger partial charge in [0.05, 0.1) is 6.20 Å². The quantitative estimate of drug-likeness (QED) is 0.473. The molecule has 0 atom stereocenters. The van der Waals surface area contributed by atoms with Crippen molar-refractivity contribution in [3.8, 4) is 11.4 Å². The van der Waals surface area contributed by atoms with E-state index >= 15 is 0 Å². The second kappa shape index (κ2) is 8.46. The van der Waals surface area contributed by atoms with Crippen molar-refractivity contribution in [2.75, 3.05) is 36.4 Å². The Morgan fingerprint density at radius 2 is 1.97 bits per heavy atom. The molecular formula is C22H21FN8O3. The van der Waals surface area contributed by atoms with E-state index in [1.807, 2.05) is 11.0 Å². The molecule has 0 aliphatic carbocycles. The van der Waals surface area contributed by atoms with Gasteiger partial charge in [0.1, 0.15) is 17.2 Å². The van der Waals surface area contributed by atoms with Gasteiger partial charge in [-0.15, -0.1) is 0 Å². The summed E-state index contributed by atoms with van der Waals surface area (Å²) in [5.41, 5.74) is 7.16. The van der Waals surface area contributed by atoms with E-state index in [4.69, 9.17) is 10.3 Å². The normalized spacial score (nSPS) is 13.9. The summed E-state index contributed by atoms with van der Waals surface area (Å²) in [6.45, 7) is 3.40. The molecule has 3 amide bonds. The average Bonchev–Trinajstić information content (AvgIpc) is 3.50. The number of imidazole rings is 1. The largest absolute Gasteiger partial charge is 0.351 e. The molecule has 4 heterocycles. The van der Waals surface area contributed by atoms with Crippen LogP contribution in [-0.4, -0.2) is 62.5 Å². The molecular weight excluding hydrogens is 443 g/mol. The van der Waals surface area contributed by atoms with E-state index in [1.54, 1.807) is 35.7 Å². The minimum absolute atomic E-state index is 0.177. The fourth-order valence-electron chi connectivity index (χ4n) is 3.80. The highest BCUT2D eigenvalue weighted by Crippen LogP contribution is 2.28. The predicted octanol–water partition coefficient (Wildman–Crippen LogP) is 2.28. The number of hydrogen-bond donors (Lipinski definition) is 2. The van der Waals surface area contributed by atoms with Crippen LogP contribution in [0, 0.1) is 12.7 Å². The van der Waals surface area contributed by atoms with Gasteiger partial charge in [-0.3, -0.25) is 9.20 Å². The Labute approximate surface area is 193 Å². The van der Waals surface area contributed by atoms with Crippen molar-refractivity contribution in [2.45, 2.75) is 6.92 Å². The first-order valence-electron chi connectivity index (χ1n) is 10.6. The first-order valence-corrected chi connectivity index (χ1v) is 10.6. The van der Waals surface area contributed by atoms with Gasteiger partial charge < -0.3 is 25.4 Å². The standard InChI is InChI=1S/C22H21FN8O3/c1-13-15(23)10-14(19-27-22(34-28-19)30-8-6-29(7-9-30)21(24)33)11-16(13)26-20(32)17-12-25-18-4-2-3-5-31(17)18/h2-5,10-12H,6-9H2,1H3,(H2,24,33)(H,26,32). The van der Waals surface area contributed by atoms with Crippen molar-refractivity contribution < 1.29 is 18.5 Å². The Bertz CT molecular complexity index is 1390. The first kappa shape index (κ1) is 21.4. The lowest BCUT2D eigenvalue weighted by molar-refractivity contribution is 0.102. The van der Waals surface area contributed by atoms with Gasteiger partial charge in [-0.25, -0.2) is 14.2 Å². The summed E-state index contributed by atoms with van der Waals surface area (Å²) in [6, 6.07) is 8.07. The van der Waals surface area contributed by atoms with Crippen LogP contribution < -0.4 is 16.0 Å². The molecule has 0 unspecified atom stereocenters. The molecule has 4 aromatic rings. The Morgan fingerprint density at radius 3 is 2.74 bits per heavy atom. The molecule has 0 bridgehead atoms. The van der Waals surface area contributed by atoms with Gasteiger partial charge in [-0.1, -0.05) is 11.2 Å². The van der Waals surface area contributed by atoms with Gasteiger partial charge in [-0.2, -0.15) is 4.98 Å². The Kier molecular flexibility index (Phi) is 5.32. The third-order valence-corrected chi connectivity index (χ3v) is 5.78. The molecule has 1 saturated heterocycles. The molecule has 0 saturated carbocycles. The smallest absolute Gasteiger partial charge is 0.324 e. The number of anilines is 2. The second-order valence-electron chi connectivity index (χ2n) is 7.87. The molecule has 11 nitrogen and oxygen atoms in total. The third kappa shape index (κ3) is 3.89. The molecule has 34 heavy (non-hydrogen) atoms. The highest BCUT2D eigenvalue weighted by atomic mass is 19.1. The van der Waals surface area contributed by atoms with Crippen molar-refractivity contribution >= 4 is 29.3 Å². The van der Waals surface area contributed by atoms with E-state index in [2.05, 4.69) is 20.4 Å². The molecule has 174 valence electrons. The number of benzene rings is 1. The van der Waals surface area contributed by atoms with Crippen molar-refractivity contribution in [3.63, 3.8) is 0 Å². The van der Waals surface area contributed by atoms with Crippen LogP contribution in [-0.2, 0) is 0 Å². The molecule has 1 aliphatic rings. The van der Waals surface area contributed by atoms with E-state index in [1.165, 1.54) is 17.2 Å². The summed E-state index contributed by atoms with van der Waals surface area (Å²) < 4.78 is 21.7. The number of nitrogens with one attached hydrogen (secondary N) is 1. The minimum atomic E-state index is -0.521. The van der Waals surface area contributed by atoms with Gasteiger partial charge in [0.15, 0.2) is 0 Å². The van der Waals surface area contributed by atoms with Crippen molar-refractivity contribution in [1.82, 2.24) is 24.4 Å². The summed E-state index contributed by atoms with van der Waals surface area (Å²) >= 11 is 0. The monoisotopic (exact) mass is 464 g/mol. The number of carbonyl (C=O) groups is 2. The number of halogens is 1. The van der Waals surface area contributed by atoms with E-state index in [0.717, 1.165) is 0 Å². The lowest BCUT2D eigenvalue weighted by Crippen LogP contribution is -2.50. The minimum Gasteiger partial charge on any atom is -0.351 e. The number of nitrogens with two attached hydrogens (primary N) is 1. The number of carbonyl (C=O) groups excluding carboxylic acids is 2. The summed E-state index contributed by atoms with van der Waals surface area (Å²) in [4.78, 5) is 36.1. The summed E-state index contributed by atoms with van der Waals surface area (Å²) in [5, 5.41) is 6.73. The molecule has 0 spiro atoms. The van der Waals surface area contributed by atoms with Crippen LogP contribution in [0.4, 0.5) is 20.9 Å². The maximum Gasteiger partial charge on any atom is 0.324 e. The number of amides is 3. The lowest BCUT2D eigenvalue weighted by atomic mass is 10.1. The molecule has 1 aliphatic heterocycles. The average molecular weight is 464 g/mol. The van der Waals surface area contributed by atoms with Gasteiger partial charge in [0.25, 0.3) is 5.91 Å². The summed E-state index contributed by atoms with van der Waals surface area (Å²) in [6.07, 6.45) is 3.19. The van der Waals surface area contributed by atoms with E-state index in [9.17, 15) is 14.0 Å². The molecule has 0 radical (unpaired) electrons. The van der Waals surface area contributed by atoms with Crippen LogP contribution >= 0.6 is 0 Å². The SMILES string of the molecule is Cc1c(F)cc(-c2noc(N3CCN(C(N)=O)CC3)n2)cc1NC(=O)c1cnc2ccccn12. The molecule has 5 rings (SSSR count). The number of piperazine rings is 1. The number of rotatable bonds is 4. The van der Waals surface area contributed by atoms with E-state index in [-0.39, 0.29) is 23.1 Å². The second-order valence-corrected chi connectivity index (χ2v) is 7.87. The van der Waals surface area contributed by atoms with Crippen molar-refractivity contribution in [1.29, 1.82) is 0 Å². The molecule has 3 N–H and O–H groups in total. The van der Waals surface area contributed by atoms with Crippen LogP contribution in [0.3, 0.4) is 0 Å². The Balaban J connectivity index is 1.38. The first-order chi connectivity index (χ1) is 16.4. The number of pyridine rings is 1. The zero-order valence-corrected chi connectivity index (χ0v) is 18.2. The van der Waals surface area contributed by atoms with Gasteiger partial charge in [0.2, 0.25) is 5.82 Å². The number of nitrogens with zero attached hydrogens (tertiary/aromatic N) is 6. The fourth-order valence-corrected chi connectivity index (χ4v) is 3.80. The van der Waals surface area contributed by atoms with Crippen LogP contribution in [0.1, 0.15) is 16.1 Å². The lowest BCUT2D eigenvalue weighted by Gasteiger charge is -2.32. The third-order valence-electron chi connectivity index (χ3n) is 5.78. The highest BCUT2D eigenvalue weighted by Gasteiger charge is 2.24. The van der Waals surface area contributed by atoms with E-state index in [0.29, 0.717) is 43.1 Å². The highest BCUT2D eigenvalue weighted by molar-refractivity contribution is 6.04. The molecule has 1 aromatic carbocycles. The van der Waals surface area contributed by atoms with Crippen LogP contribution in [0.25, 0.3) is 17.0 Å². The number of primary amides is 1. The number of aromatic nitrogens is 4. The number of fused-ring (bicyclic) bond motifs is 1. The van der Waals surface area contributed by atoms with Crippen molar-refractivity contribution in [2.24, 2.45) is 5.73 Å². The summed E-state index contributed by atoms with van der Waals surface area (Å²) in [5.74, 6) is -0.775. The van der Waals surface area contributed by atoms with Crippen LogP contribution in [0.15, 0.2) is 47.2 Å². The van der Waals surface area contributed by atoms with Crippen LogP contribution in [0.5, 0.6) is 0 Å². The maximum absolute atomic E-state index is 14.7. The number of hydrogen-bond acceptors (Lipinski definition) is 7. The van der Waals surface area contributed by atoms with E-state index < -0.39 is 17.8 Å². The van der Waals surface area contributed by atoms with Crippen LogP contribution in [0.2, 0.25) is 0 Å². The van der Waals surface area contributed by atoms with Crippen molar-refractivity contribution in [3.05, 3.63) is 59.8 Å². The van der Waals surface area contributed by atoms with Gasteiger partial charge in [0, 0.05) is 49.2 Å². The Hall–Kier alpha value is -4.48. The number of urea groups is 1. The zero-order valence-electron chi connectivity index (χ0n) is 18.2. The topological polar surface area (TPSA) is 135 Å². The summed E-state index contributed by atoms with van der Waals surface area (Å²) in [7, 11) is 0. The maximum atomic E-state index is 14.7. The van der Waals surface area contributed by atoms with Gasteiger partial charge >= 0.3 is 12.0 Å². The fraction of sp³-hybridized carbons (Fsp3) is 0.227. The Morgan fingerprint density at radius 1 is 1.18 bits per heavy atom. The molecule has 1 fully saturated rings. The van der Waals surface area contributed by atoms with Gasteiger partial charge in [-0.05, 0) is 31.2 Å². The zero-order chi connectivity index (χ0) is 23.8. The molecule has 3 aromatic heterocycles. The predicted molar refractivity (Wildman–Crippen MR) is 121 cm³/mol. The molecule has 12 heteroatoms.